The van der Waals surface area contributed by atoms with Crippen LogP contribution in [0.15, 0.2) is 152 Å². The maximum absolute atomic E-state index is 5.24. The van der Waals surface area contributed by atoms with E-state index < -0.39 is 0 Å². The van der Waals surface area contributed by atoms with E-state index in [4.69, 9.17) is 4.98 Å². The maximum Gasteiger partial charge on any atom is 0.106 e. The molecule has 0 atom stereocenters. The predicted molar refractivity (Wildman–Crippen MR) is 244 cm³/mol. The summed E-state index contributed by atoms with van der Waals surface area (Å²) in [5, 5.41) is 10.1. The molecule has 53 heavy (non-hydrogen) atoms. The lowest BCUT2D eigenvalue weighted by atomic mass is 9.23. The quantitative estimate of drug-likeness (QED) is 0.135. The number of benzene rings is 8. The first kappa shape index (κ1) is 32.2. The maximum atomic E-state index is 5.24. The van der Waals surface area contributed by atoms with Crippen LogP contribution in [0.1, 0.15) is 5.82 Å². The highest BCUT2D eigenvalue weighted by Crippen LogP contribution is 2.48. The van der Waals surface area contributed by atoms with E-state index in [1.54, 1.807) is 0 Å². The molecule has 2 heterocycles. The molecular formula is C45H35B5N2S. The first-order chi connectivity index (χ1) is 25.7. The highest BCUT2D eigenvalue weighted by atomic mass is 32.1. The molecular weight excluding hydrogens is 655 g/mol. The SMILES string of the molecule is BC(B)(B)C(B)(B)c1nc2ccccc2n1-c1ccc2cc(-c3c4ccccc4c(-c4cccc5sc6ccccc6c45)c4ccccc34)ccc2c1. The van der Waals surface area contributed by atoms with E-state index in [-0.39, 0.29) is 10.3 Å². The number of hydrogen-bond donors (Lipinski definition) is 0. The van der Waals surface area contributed by atoms with E-state index in [0.29, 0.717) is 0 Å². The minimum Gasteiger partial charge on any atom is -0.297 e. The minimum absolute atomic E-state index is 0.0168. The molecule has 8 aromatic carbocycles. The van der Waals surface area contributed by atoms with E-state index in [0.717, 1.165) is 22.5 Å². The fraction of sp³-hybridized carbons (Fsp3) is 0.0444. The lowest BCUT2D eigenvalue weighted by Gasteiger charge is -2.39. The molecule has 0 unspecified atom stereocenters. The molecule has 2 aromatic heterocycles. The number of aromatic nitrogens is 2. The van der Waals surface area contributed by atoms with Gasteiger partial charge in [0.05, 0.1) is 34.6 Å². The van der Waals surface area contributed by atoms with Gasteiger partial charge in [0.1, 0.15) is 21.5 Å². The summed E-state index contributed by atoms with van der Waals surface area (Å²) in [7, 11) is 11.6. The fourth-order valence-electron chi connectivity index (χ4n) is 8.28. The van der Waals surface area contributed by atoms with Gasteiger partial charge < -0.3 is 0 Å². The molecule has 10 aromatic rings. The molecule has 0 bridgehead atoms. The molecule has 2 nitrogen and oxygen atoms in total. The van der Waals surface area contributed by atoms with Crippen molar-refractivity contribution in [2.24, 2.45) is 0 Å². The third-order valence-electron chi connectivity index (χ3n) is 12.0. The molecule has 0 radical (unpaired) electrons. The number of para-hydroxylation sites is 2. The third-order valence-corrected chi connectivity index (χ3v) is 13.1. The van der Waals surface area contributed by atoms with Gasteiger partial charge in [0.2, 0.25) is 0 Å². The zero-order valence-corrected chi connectivity index (χ0v) is 31.6. The lowest BCUT2D eigenvalue weighted by molar-refractivity contribution is 0.757. The lowest BCUT2D eigenvalue weighted by Crippen LogP contribution is -2.45. The van der Waals surface area contributed by atoms with Crippen LogP contribution < -0.4 is 0 Å². The Labute approximate surface area is 317 Å². The Morgan fingerprint density at radius 1 is 0.509 bits per heavy atom. The second-order valence-corrected chi connectivity index (χ2v) is 17.1. The Bertz CT molecular complexity index is 3040. The van der Waals surface area contributed by atoms with Crippen LogP contribution in [-0.2, 0) is 5.21 Å². The average Bonchev–Trinajstić information content (AvgIpc) is 3.76. The van der Waals surface area contributed by atoms with Crippen LogP contribution in [-0.4, -0.2) is 48.8 Å². The fourth-order valence-corrected chi connectivity index (χ4v) is 9.41. The number of nitrogens with zero attached hydrogens (tertiary/aromatic N) is 2. The third kappa shape index (κ3) is 4.88. The number of thiophene rings is 1. The zero-order chi connectivity index (χ0) is 36.1. The van der Waals surface area contributed by atoms with Crippen molar-refractivity contribution in [1.29, 1.82) is 0 Å². The van der Waals surface area contributed by atoms with Crippen molar-refractivity contribution >= 4 is 114 Å². The van der Waals surface area contributed by atoms with Crippen molar-refractivity contribution in [2.75, 3.05) is 0 Å². The van der Waals surface area contributed by atoms with Gasteiger partial charge in [-0.3, -0.25) is 4.57 Å². The van der Waals surface area contributed by atoms with Gasteiger partial charge in [-0.25, -0.2) is 4.98 Å². The molecule has 0 fully saturated rings. The largest absolute Gasteiger partial charge is 0.297 e. The monoisotopic (exact) mass is 690 g/mol. The molecule has 0 aliphatic rings. The molecule has 0 saturated carbocycles. The van der Waals surface area contributed by atoms with Gasteiger partial charge in [-0.2, -0.15) is 0 Å². The van der Waals surface area contributed by atoms with E-state index in [1.165, 1.54) is 74.7 Å². The Balaban J connectivity index is 1.18. The van der Waals surface area contributed by atoms with Gasteiger partial charge >= 0.3 is 0 Å². The minimum atomic E-state index is -0.166. The van der Waals surface area contributed by atoms with Crippen LogP contribution in [0.25, 0.3) is 91.5 Å². The Kier molecular flexibility index (Phi) is 7.16. The predicted octanol–water partition coefficient (Wildman–Crippen LogP) is 7.58. The standard InChI is InChI=1S/C45H35B5N2S/c46-44(47,45(48,49)50)43-51-36-16-6-7-17-37(36)52(43)29-23-22-26-24-28(21-20-27(26)25-29)40-30-10-1-3-12-32(30)41(33-13-4-2-11-31(33)40)35-15-9-19-39-42(35)34-14-5-8-18-38(34)53-39/h1-25H,46-50H2. The van der Waals surface area contributed by atoms with Gasteiger partial charge in [0, 0.05) is 25.9 Å². The Morgan fingerprint density at radius 3 is 1.81 bits per heavy atom. The van der Waals surface area contributed by atoms with Crippen molar-refractivity contribution in [3.63, 3.8) is 0 Å². The number of rotatable bonds is 5. The van der Waals surface area contributed by atoms with E-state index >= 15 is 0 Å². The first-order valence-electron chi connectivity index (χ1n) is 18.6. The van der Waals surface area contributed by atoms with Crippen molar-refractivity contribution in [3.8, 4) is 27.9 Å². The van der Waals surface area contributed by atoms with Crippen LogP contribution in [0.3, 0.4) is 0 Å². The van der Waals surface area contributed by atoms with Crippen molar-refractivity contribution < 1.29 is 0 Å². The molecule has 0 N–H and O–H groups in total. The average molecular weight is 690 g/mol. The van der Waals surface area contributed by atoms with Crippen molar-refractivity contribution in [3.05, 3.63) is 157 Å². The Hall–Kier alpha value is -5.45. The first-order valence-corrected chi connectivity index (χ1v) is 19.4. The molecule has 246 valence electrons. The molecule has 0 aliphatic carbocycles. The zero-order valence-electron chi connectivity index (χ0n) is 30.7. The Morgan fingerprint density at radius 2 is 1.09 bits per heavy atom. The number of fused-ring (bicyclic) bond motifs is 7. The van der Waals surface area contributed by atoms with Gasteiger partial charge in [0.15, 0.2) is 0 Å². The van der Waals surface area contributed by atoms with Gasteiger partial charge in [-0.15, -0.1) is 16.4 Å². The summed E-state index contributed by atoms with van der Waals surface area (Å²) in [6, 6.07) is 56.0. The molecule has 10 rings (SSSR count). The van der Waals surface area contributed by atoms with Crippen LogP contribution in [0.4, 0.5) is 0 Å². The molecule has 0 aliphatic heterocycles. The highest BCUT2D eigenvalue weighted by molar-refractivity contribution is 7.26. The molecule has 0 spiro atoms. The highest BCUT2D eigenvalue weighted by Gasteiger charge is 2.38. The smallest absolute Gasteiger partial charge is 0.106 e. The van der Waals surface area contributed by atoms with Gasteiger partial charge in [0.25, 0.3) is 0 Å². The summed E-state index contributed by atoms with van der Waals surface area (Å²) in [5.41, 5.74) is 8.42. The second kappa shape index (κ2) is 11.8. The second-order valence-electron chi connectivity index (χ2n) is 16.0. The summed E-state index contributed by atoms with van der Waals surface area (Å²) in [5.74, 6) is 1.09. The molecule has 8 heteroatoms. The summed E-state index contributed by atoms with van der Waals surface area (Å²) in [4.78, 5) is 5.24. The summed E-state index contributed by atoms with van der Waals surface area (Å²) >= 11 is 1.88. The van der Waals surface area contributed by atoms with Crippen molar-refractivity contribution in [2.45, 2.75) is 10.3 Å². The van der Waals surface area contributed by atoms with Gasteiger partial charge in [-0.05, 0) is 102 Å². The molecule has 0 saturated heterocycles. The van der Waals surface area contributed by atoms with Crippen LogP contribution in [0, 0.1) is 0 Å². The van der Waals surface area contributed by atoms with Crippen LogP contribution in [0.2, 0.25) is 5.11 Å². The van der Waals surface area contributed by atoms with E-state index in [1.807, 2.05) is 11.3 Å². The summed E-state index contributed by atoms with van der Waals surface area (Å²) in [6.45, 7) is 0. The molecule has 0 amide bonds. The number of hydrogen-bond acceptors (Lipinski definition) is 2. The summed E-state index contributed by atoms with van der Waals surface area (Å²) < 4.78 is 5.03. The van der Waals surface area contributed by atoms with E-state index in [2.05, 4.69) is 195 Å². The summed E-state index contributed by atoms with van der Waals surface area (Å²) in [6.07, 6.45) is 0. The van der Waals surface area contributed by atoms with Crippen LogP contribution >= 0.6 is 11.3 Å². The van der Waals surface area contributed by atoms with E-state index in [9.17, 15) is 0 Å². The van der Waals surface area contributed by atoms with Crippen molar-refractivity contribution in [1.82, 2.24) is 9.55 Å². The topological polar surface area (TPSA) is 17.8 Å². The van der Waals surface area contributed by atoms with Crippen LogP contribution in [0.5, 0.6) is 0 Å². The normalized spacial score (nSPS) is 12.5. The number of imidazole rings is 1. The van der Waals surface area contributed by atoms with Gasteiger partial charge in [-0.1, -0.05) is 109 Å².